The summed E-state index contributed by atoms with van der Waals surface area (Å²) in [5.74, 6) is -2.29. The Morgan fingerprint density at radius 3 is 2.60 bits per heavy atom. The smallest absolute Gasteiger partial charge is 0.309 e. The zero-order valence-corrected chi connectivity index (χ0v) is 15.4. The van der Waals surface area contributed by atoms with E-state index in [1.807, 2.05) is 0 Å². The molecular weight excluding hydrogens is 324 g/mol. The fourth-order valence-corrected chi connectivity index (χ4v) is 4.45. The number of ketones is 1. The lowest BCUT2D eigenvalue weighted by Gasteiger charge is -2.32. The number of Topliss-reactive ketones (excluding diaryl/α,β-unsaturated/α-hetero) is 1. The van der Waals surface area contributed by atoms with Crippen molar-refractivity contribution in [1.29, 1.82) is 0 Å². The Kier molecular flexibility index (Phi) is 4.30. The van der Waals surface area contributed by atoms with Gasteiger partial charge in [-0.2, -0.15) is 0 Å². The second-order valence-corrected chi connectivity index (χ2v) is 8.18. The van der Waals surface area contributed by atoms with E-state index in [1.165, 1.54) is 0 Å². The maximum Gasteiger partial charge on any atom is 0.309 e. The van der Waals surface area contributed by atoms with Crippen molar-refractivity contribution >= 4 is 17.7 Å². The van der Waals surface area contributed by atoms with Crippen LogP contribution < -0.4 is 0 Å². The highest BCUT2D eigenvalue weighted by molar-refractivity contribution is 5.99. The summed E-state index contributed by atoms with van der Waals surface area (Å²) in [6.45, 7) is 8.64. The van der Waals surface area contributed by atoms with E-state index in [-0.39, 0.29) is 42.4 Å². The van der Waals surface area contributed by atoms with Gasteiger partial charge in [0.25, 0.3) is 0 Å². The van der Waals surface area contributed by atoms with Gasteiger partial charge in [0.15, 0.2) is 5.78 Å². The van der Waals surface area contributed by atoms with Crippen LogP contribution in [0.5, 0.6) is 0 Å². The minimum Gasteiger partial charge on any atom is -0.462 e. The molecule has 2 fully saturated rings. The van der Waals surface area contributed by atoms with E-state index in [9.17, 15) is 19.5 Å². The Morgan fingerprint density at radius 2 is 2.00 bits per heavy atom. The number of esters is 2. The second-order valence-electron chi connectivity index (χ2n) is 8.18. The number of carbonyl (C=O) groups excluding carboxylic acids is 3. The van der Waals surface area contributed by atoms with Gasteiger partial charge < -0.3 is 14.6 Å². The molecule has 6 atom stereocenters. The van der Waals surface area contributed by atoms with Crippen molar-refractivity contribution in [3.05, 3.63) is 11.1 Å². The van der Waals surface area contributed by atoms with E-state index in [1.54, 1.807) is 34.6 Å². The summed E-state index contributed by atoms with van der Waals surface area (Å²) in [7, 11) is 0. The molecule has 3 aliphatic rings. The van der Waals surface area contributed by atoms with Crippen molar-refractivity contribution < 1.29 is 29.0 Å². The number of allylic oxidation sites excluding steroid dienone is 1. The molecule has 1 N–H and O–H groups in total. The van der Waals surface area contributed by atoms with Gasteiger partial charge in [-0.15, -0.1) is 0 Å². The summed E-state index contributed by atoms with van der Waals surface area (Å²) in [5.41, 5.74) is 0.0695. The molecule has 0 bridgehead atoms. The SMILES string of the molecule is CC1=C2[C@H]3OC(=O)[C@@H](C)[C@@H]3[C@H](OC(=O)C(C)C)C[C@@](C)(O)[C@H]2CC1=O. The Hall–Kier alpha value is -1.69. The second kappa shape index (κ2) is 5.94. The average Bonchev–Trinajstić information content (AvgIpc) is 2.93. The topological polar surface area (TPSA) is 89.9 Å². The molecule has 0 spiro atoms. The van der Waals surface area contributed by atoms with Crippen LogP contribution in [0.2, 0.25) is 0 Å². The van der Waals surface area contributed by atoms with Crippen LogP contribution >= 0.6 is 0 Å². The van der Waals surface area contributed by atoms with Crippen LogP contribution in [0.15, 0.2) is 11.1 Å². The van der Waals surface area contributed by atoms with Crippen LogP contribution in [0.3, 0.4) is 0 Å². The summed E-state index contributed by atoms with van der Waals surface area (Å²) in [5, 5.41) is 11.1. The zero-order valence-electron chi connectivity index (χ0n) is 15.4. The van der Waals surface area contributed by atoms with Gasteiger partial charge in [-0.05, 0) is 25.0 Å². The van der Waals surface area contributed by atoms with E-state index in [0.29, 0.717) is 11.1 Å². The Bertz CT molecular complexity index is 659. The fourth-order valence-electron chi connectivity index (χ4n) is 4.45. The highest BCUT2D eigenvalue weighted by atomic mass is 16.6. The lowest BCUT2D eigenvalue weighted by Crippen LogP contribution is -2.41. The summed E-state index contributed by atoms with van der Waals surface area (Å²) < 4.78 is 11.3. The number of hydrogen-bond acceptors (Lipinski definition) is 6. The first kappa shape index (κ1) is 18.1. The van der Waals surface area contributed by atoms with Gasteiger partial charge in [0.05, 0.1) is 23.4 Å². The molecule has 0 aromatic carbocycles. The highest BCUT2D eigenvalue weighted by Crippen LogP contribution is 2.51. The van der Waals surface area contributed by atoms with Crippen LogP contribution in [0.25, 0.3) is 0 Å². The first-order valence-electron chi connectivity index (χ1n) is 8.91. The Labute approximate surface area is 147 Å². The molecular formula is C19H26O6. The van der Waals surface area contributed by atoms with Crippen molar-refractivity contribution in [1.82, 2.24) is 0 Å². The number of ether oxygens (including phenoxy) is 2. The number of fused-ring (bicyclic) bond motifs is 3. The molecule has 0 aromatic heterocycles. The van der Waals surface area contributed by atoms with Gasteiger partial charge in [0.2, 0.25) is 0 Å². The van der Waals surface area contributed by atoms with E-state index >= 15 is 0 Å². The molecule has 1 aliphatic heterocycles. The van der Waals surface area contributed by atoms with Gasteiger partial charge in [0, 0.05) is 18.8 Å². The van der Waals surface area contributed by atoms with Gasteiger partial charge in [-0.3, -0.25) is 14.4 Å². The third-order valence-electron chi connectivity index (χ3n) is 6.00. The third-order valence-corrected chi connectivity index (χ3v) is 6.00. The molecule has 0 radical (unpaired) electrons. The maximum atomic E-state index is 12.2. The van der Waals surface area contributed by atoms with Crippen LogP contribution in [0, 0.1) is 23.7 Å². The molecule has 6 heteroatoms. The van der Waals surface area contributed by atoms with Crippen molar-refractivity contribution in [2.75, 3.05) is 0 Å². The fraction of sp³-hybridized carbons (Fsp3) is 0.737. The van der Waals surface area contributed by atoms with Crippen LogP contribution in [-0.2, 0) is 23.9 Å². The van der Waals surface area contributed by atoms with Gasteiger partial charge in [-0.1, -0.05) is 20.8 Å². The molecule has 3 rings (SSSR count). The molecule has 1 saturated heterocycles. The van der Waals surface area contributed by atoms with Gasteiger partial charge >= 0.3 is 11.9 Å². The Morgan fingerprint density at radius 1 is 1.36 bits per heavy atom. The summed E-state index contributed by atoms with van der Waals surface area (Å²) in [6.07, 6.45) is -0.855. The van der Waals surface area contributed by atoms with Crippen LogP contribution in [0.1, 0.15) is 47.5 Å². The summed E-state index contributed by atoms with van der Waals surface area (Å²) in [4.78, 5) is 36.6. The molecule has 0 aromatic rings. The minimum absolute atomic E-state index is 0.0211. The molecule has 0 amide bonds. The number of aliphatic hydroxyl groups is 1. The lowest BCUT2D eigenvalue weighted by atomic mass is 9.81. The quantitative estimate of drug-likeness (QED) is 0.764. The average molecular weight is 350 g/mol. The van der Waals surface area contributed by atoms with E-state index in [2.05, 4.69) is 0 Å². The first-order chi connectivity index (χ1) is 11.5. The van der Waals surface area contributed by atoms with Crippen LogP contribution in [-0.4, -0.2) is 40.6 Å². The Balaban J connectivity index is 2.07. The van der Waals surface area contributed by atoms with E-state index in [0.717, 1.165) is 0 Å². The summed E-state index contributed by atoms with van der Waals surface area (Å²) in [6, 6.07) is 0. The van der Waals surface area contributed by atoms with Crippen molar-refractivity contribution in [3.63, 3.8) is 0 Å². The monoisotopic (exact) mass is 350 g/mol. The number of rotatable bonds is 2. The molecule has 1 saturated carbocycles. The highest BCUT2D eigenvalue weighted by Gasteiger charge is 2.59. The standard InChI is InChI=1S/C19H26O6/c1-8(2)17(21)24-13-7-19(5,23)11-6-12(20)9(3)14(11)16-15(13)10(4)18(22)25-16/h8,10-11,13,15-16,23H,6-7H2,1-5H3/t10-,11-,13+,15+,16+,19+/m0/s1. The van der Waals surface area contributed by atoms with E-state index < -0.39 is 29.6 Å². The first-order valence-corrected chi connectivity index (χ1v) is 8.91. The van der Waals surface area contributed by atoms with Gasteiger partial charge in [-0.25, -0.2) is 0 Å². The molecule has 6 nitrogen and oxygen atoms in total. The molecule has 0 unspecified atom stereocenters. The third kappa shape index (κ3) is 2.80. The van der Waals surface area contributed by atoms with Crippen molar-refractivity contribution in [2.45, 2.75) is 65.3 Å². The normalized spacial score (nSPS) is 40.7. The molecule has 2 aliphatic carbocycles. The predicted molar refractivity (Wildman–Crippen MR) is 88.3 cm³/mol. The molecule has 25 heavy (non-hydrogen) atoms. The number of carbonyl (C=O) groups is 3. The summed E-state index contributed by atoms with van der Waals surface area (Å²) >= 11 is 0. The lowest BCUT2D eigenvalue weighted by molar-refractivity contribution is -0.160. The predicted octanol–water partition coefficient (Wildman–Crippen LogP) is 1.79. The van der Waals surface area contributed by atoms with E-state index in [4.69, 9.17) is 9.47 Å². The largest absolute Gasteiger partial charge is 0.462 e. The zero-order chi connectivity index (χ0) is 18.7. The van der Waals surface area contributed by atoms with Crippen LogP contribution in [0.4, 0.5) is 0 Å². The van der Waals surface area contributed by atoms with Crippen molar-refractivity contribution in [3.8, 4) is 0 Å². The van der Waals surface area contributed by atoms with Crippen molar-refractivity contribution in [2.24, 2.45) is 23.7 Å². The minimum atomic E-state index is -1.21. The number of hydrogen-bond donors (Lipinski definition) is 1. The molecule has 138 valence electrons. The van der Waals surface area contributed by atoms with Gasteiger partial charge in [0.1, 0.15) is 12.2 Å². The maximum absolute atomic E-state index is 12.2. The molecule has 1 heterocycles.